The number of nitrogens with one attached hydrogen (secondary N) is 1. The van der Waals surface area contributed by atoms with Gasteiger partial charge in [-0.25, -0.2) is 12.7 Å². The zero-order chi connectivity index (χ0) is 25.0. The SMILES string of the molecule is COc1ccc(CN(C(=O)CN2C(=O)c3ccccc3S2(=O)=O)[C@H](C)C(=O)NCC(C)C)cc1. The van der Waals surface area contributed by atoms with E-state index in [9.17, 15) is 22.8 Å². The third-order valence-corrected chi connectivity index (χ3v) is 7.34. The van der Waals surface area contributed by atoms with E-state index >= 15 is 0 Å². The molecular formula is C24H29N3O6S. The van der Waals surface area contributed by atoms with E-state index in [1.807, 2.05) is 13.8 Å². The van der Waals surface area contributed by atoms with Crippen molar-refractivity contribution in [3.63, 3.8) is 0 Å². The molecule has 2 aromatic rings. The van der Waals surface area contributed by atoms with Gasteiger partial charge in [-0.3, -0.25) is 14.4 Å². The molecule has 0 radical (unpaired) electrons. The molecule has 3 rings (SSSR count). The summed E-state index contributed by atoms with van der Waals surface area (Å²) < 4.78 is 31.5. The molecule has 182 valence electrons. The molecule has 0 fully saturated rings. The molecule has 0 saturated carbocycles. The summed E-state index contributed by atoms with van der Waals surface area (Å²) in [6.45, 7) is 5.26. The molecule has 9 nitrogen and oxygen atoms in total. The average molecular weight is 488 g/mol. The number of amides is 3. The first-order chi connectivity index (χ1) is 16.1. The number of carbonyl (C=O) groups excluding carboxylic acids is 3. The standard InChI is InChI=1S/C24H29N3O6S/c1-16(2)13-25-23(29)17(3)26(14-18-9-11-19(33-4)12-10-18)22(28)15-27-24(30)20-7-5-6-8-21(20)34(27,31)32/h5-12,16-17H,13-15H2,1-4H3,(H,25,29)/t17-/m1/s1. The fourth-order valence-corrected chi connectivity index (χ4v) is 5.08. The van der Waals surface area contributed by atoms with Crippen molar-refractivity contribution in [2.45, 2.75) is 38.3 Å². The number of benzene rings is 2. The Morgan fingerprint density at radius 1 is 1.06 bits per heavy atom. The fourth-order valence-electron chi connectivity index (χ4n) is 3.56. The Bertz CT molecular complexity index is 1180. The molecule has 1 aliphatic rings. The minimum Gasteiger partial charge on any atom is -0.497 e. The average Bonchev–Trinajstić information content (AvgIpc) is 3.01. The van der Waals surface area contributed by atoms with E-state index in [4.69, 9.17) is 4.74 Å². The highest BCUT2D eigenvalue weighted by Crippen LogP contribution is 2.30. The summed E-state index contributed by atoms with van der Waals surface area (Å²) >= 11 is 0. The van der Waals surface area contributed by atoms with Crippen LogP contribution >= 0.6 is 0 Å². The molecule has 10 heteroatoms. The predicted octanol–water partition coefficient (Wildman–Crippen LogP) is 2.03. The van der Waals surface area contributed by atoms with Gasteiger partial charge in [-0.05, 0) is 42.7 Å². The van der Waals surface area contributed by atoms with Gasteiger partial charge in [0.15, 0.2) is 0 Å². The molecule has 2 aromatic carbocycles. The lowest BCUT2D eigenvalue weighted by atomic mass is 10.1. The third-order valence-electron chi connectivity index (χ3n) is 5.55. The molecule has 0 bridgehead atoms. The highest BCUT2D eigenvalue weighted by Gasteiger charge is 2.43. The van der Waals surface area contributed by atoms with E-state index in [0.717, 1.165) is 5.56 Å². The number of ether oxygens (including phenoxy) is 1. The second kappa shape index (κ2) is 10.3. The van der Waals surface area contributed by atoms with Crippen molar-refractivity contribution >= 4 is 27.7 Å². The second-order valence-corrected chi connectivity index (χ2v) is 10.3. The maximum atomic E-state index is 13.4. The van der Waals surface area contributed by atoms with Crippen molar-refractivity contribution in [1.29, 1.82) is 0 Å². The Kier molecular flexibility index (Phi) is 7.61. The number of methoxy groups -OCH3 is 1. The molecular weight excluding hydrogens is 458 g/mol. The first kappa shape index (κ1) is 25.2. The Morgan fingerprint density at radius 2 is 1.71 bits per heavy atom. The maximum absolute atomic E-state index is 13.4. The van der Waals surface area contributed by atoms with E-state index in [0.29, 0.717) is 16.6 Å². The summed E-state index contributed by atoms with van der Waals surface area (Å²) in [5.41, 5.74) is 0.747. The number of fused-ring (bicyclic) bond motifs is 1. The molecule has 3 amide bonds. The van der Waals surface area contributed by atoms with Crippen molar-refractivity contribution in [2.24, 2.45) is 5.92 Å². The minimum atomic E-state index is -4.15. The molecule has 0 aromatic heterocycles. The number of nitrogens with zero attached hydrogens (tertiary/aromatic N) is 2. The van der Waals surface area contributed by atoms with Gasteiger partial charge < -0.3 is 15.0 Å². The Hall–Kier alpha value is -3.40. The molecule has 34 heavy (non-hydrogen) atoms. The minimum absolute atomic E-state index is 0.0275. The summed E-state index contributed by atoms with van der Waals surface area (Å²) in [5, 5.41) is 2.80. The monoisotopic (exact) mass is 487 g/mol. The summed E-state index contributed by atoms with van der Waals surface area (Å²) in [6.07, 6.45) is 0. The number of hydrogen-bond acceptors (Lipinski definition) is 6. The molecule has 0 unspecified atom stereocenters. The van der Waals surface area contributed by atoms with Crippen LogP contribution in [-0.4, -0.2) is 61.6 Å². The van der Waals surface area contributed by atoms with E-state index in [2.05, 4.69) is 5.32 Å². The van der Waals surface area contributed by atoms with Gasteiger partial charge in [0.25, 0.3) is 15.9 Å². The topological polar surface area (TPSA) is 113 Å². The summed E-state index contributed by atoms with van der Waals surface area (Å²) in [4.78, 5) is 40.0. The molecule has 0 aliphatic carbocycles. The lowest BCUT2D eigenvalue weighted by Gasteiger charge is -2.30. The third kappa shape index (κ3) is 5.22. The van der Waals surface area contributed by atoms with Gasteiger partial charge in [-0.1, -0.05) is 38.1 Å². The van der Waals surface area contributed by atoms with E-state index in [1.54, 1.807) is 37.3 Å². The fraction of sp³-hybridized carbons (Fsp3) is 0.375. The summed E-state index contributed by atoms with van der Waals surface area (Å²) in [7, 11) is -2.62. The molecule has 1 atom stereocenters. The van der Waals surface area contributed by atoms with Crippen LogP contribution in [0.5, 0.6) is 5.75 Å². The highest BCUT2D eigenvalue weighted by atomic mass is 32.2. The van der Waals surface area contributed by atoms with Crippen molar-refractivity contribution < 1.29 is 27.5 Å². The van der Waals surface area contributed by atoms with Gasteiger partial charge in [-0.15, -0.1) is 0 Å². The van der Waals surface area contributed by atoms with Gasteiger partial charge in [0.1, 0.15) is 23.2 Å². The van der Waals surface area contributed by atoms with Crippen LogP contribution in [0.25, 0.3) is 0 Å². The van der Waals surface area contributed by atoms with Crippen LogP contribution in [0.4, 0.5) is 0 Å². The van der Waals surface area contributed by atoms with Gasteiger partial charge in [0.2, 0.25) is 11.8 Å². The Labute approximate surface area is 199 Å². The van der Waals surface area contributed by atoms with Crippen molar-refractivity contribution in [1.82, 2.24) is 14.5 Å². The Morgan fingerprint density at radius 3 is 2.29 bits per heavy atom. The molecule has 0 saturated heterocycles. The summed E-state index contributed by atoms with van der Waals surface area (Å²) in [5.74, 6) is -0.934. The van der Waals surface area contributed by atoms with E-state index < -0.39 is 34.4 Å². The number of sulfonamides is 1. The van der Waals surface area contributed by atoms with Gasteiger partial charge in [0, 0.05) is 13.1 Å². The number of rotatable bonds is 9. The number of carbonyl (C=O) groups is 3. The van der Waals surface area contributed by atoms with Crippen LogP contribution in [0.2, 0.25) is 0 Å². The predicted molar refractivity (Wildman–Crippen MR) is 126 cm³/mol. The van der Waals surface area contributed by atoms with Crippen molar-refractivity contribution in [3.8, 4) is 5.75 Å². The Balaban J connectivity index is 1.86. The van der Waals surface area contributed by atoms with Gasteiger partial charge in [0.05, 0.1) is 12.7 Å². The molecule has 1 heterocycles. The summed E-state index contributed by atoms with van der Waals surface area (Å²) in [6, 6.07) is 11.9. The van der Waals surface area contributed by atoms with E-state index in [-0.39, 0.29) is 28.8 Å². The van der Waals surface area contributed by atoms with Crippen molar-refractivity contribution in [2.75, 3.05) is 20.2 Å². The number of hydrogen-bond donors (Lipinski definition) is 1. The largest absolute Gasteiger partial charge is 0.497 e. The lowest BCUT2D eigenvalue weighted by molar-refractivity contribution is -0.140. The maximum Gasteiger partial charge on any atom is 0.269 e. The normalized spacial score (nSPS) is 15.1. The quantitative estimate of drug-likeness (QED) is 0.579. The van der Waals surface area contributed by atoms with E-state index in [1.165, 1.54) is 30.2 Å². The zero-order valence-corrected chi connectivity index (χ0v) is 20.5. The van der Waals surface area contributed by atoms with Gasteiger partial charge in [-0.2, -0.15) is 0 Å². The highest BCUT2D eigenvalue weighted by molar-refractivity contribution is 7.90. The molecule has 0 spiro atoms. The van der Waals surface area contributed by atoms with Crippen LogP contribution < -0.4 is 10.1 Å². The van der Waals surface area contributed by atoms with Gasteiger partial charge >= 0.3 is 0 Å². The first-order valence-corrected chi connectivity index (χ1v) is 12.4. The second-order valence-electron chi connectivity index (χ2n) is 8.50. The zero-order valence-electron chi connectivity index (χ0n) is 19.6. The first-order valence-electron chi connectivity index (χ1n) is 10.9. The van der Waals surface area contributed by atoms with Crippen LogP contribution in [0.3, 0.4) is 0 Å². The van der Waals surface area contributed by atoms with Crippen LogP contribution in [-0.2, 0) is 26.2 Å². The van der Waals surface area contributed by atoms with Crippen LogP contribution in [0, 0.1) is 5.92 Å². The lowest BCUT2D eigenvalue weighted by Crippen LogP contribution is -2.51. The van der Waals surface area contributed by atoms with Crippen LogP contribution in [0.1, 0.15) is 36.7 Å². The molecule has 1 N–H and O–H groups in total. The smallest absolute Gasteiger partial charge is 0.269 e. The molecule has 1 aliphatic heterocycles. The van der Waals surface area contributed by atoms with Crippen molar-refractivity contribution in [3.05, 3.63) is 59.7 Å². The van der Waals surface area contributed by atoms with Crippen LogP contribution in [0.15, 0.2) is 53.4 Å².